The van der Waals surface area contributed by atoms with Crippen molar-refractivity contribution in [3.63, 3.8) is 0 Å². The zero-order valence-electron chi connectivity index (χ0n) is 14.0. The molecule has 0 bridgehead atoms. The predicted molar refractivity (Wildman–Crippen MR) is 86.0 cm³/mol. The maximum atomic E-state index is 12.9. The molecule has 2 amide bonds. The Morgan fingerprint density at radius 3 is 1.85 bits per heavy atom. The molecule has 0 atom stereocenters. The predicted octanol–water partition coefficient (Wildman–Crippen LogP) is 5.18. The van der Waals surface area contributed by atoms with Gasteiger partial charge in [0.05, 0.1) is 11.1 Å². The summed E-state index contributed by atoms with van der Waals surface area (Å²) in [5.74, 6) is 0. The van der Waals surface area contributed by atoms with Gasteiger partial charge in [0.15, 0.2) is 0 Å². The summed E-state index contributed by atoms with van der Waals surface area (Å²) in [6.07, 6.45) is -7.13. The van der Waals surface area contributed by atoms with E-state index in [0.29, 0.717) is 25.2 Å². The minimum absolute atomic E-state index is 0. The molecule has 1 aliphatic heterocycles. The van der Waals surface area contributed by atoms with E-state index in [-0.39, 0.29) is 30.6 Å². The lowest BCUT2D eigenvalue weighted by atomic mass is 10.0. The molecular weight excluding hydrogens is 386 g/mol. The number of alkyl halides is 6. The standard InChI is InChI=1S/C16H18F6N2O.ClH/c1-23(14(25)24-5-3-2-4-6-24)10-11-7-12(15(17,18)19)9-13(8-11)16(20,21)22;/h7-9H,2-6,10H2,1H3;1H. The lowest BCUT2D eigenvalue weighted by Crippen LogP contribution is -2.43. The molecule has 0 unspecified atom stereocenters. The largest absolute Gasteiger partial charge is 0.416 e. The molecule has 0 spiro atoms. The van der Waals surface area contributed by atoms with Crippen LogP contribution in [0, 0.1) is 0 Å². The molecule has 1 aromatic carbocycles. The fourth-order valence-corrected chi connectivity index (χ4v) is 2.78. The van der Waals surface area contributed by atoms with Crippen molar-refractivity contribution in [3.8, 4) is 0 Å². The molecule has 0 saturated carbocycles. The molecule has 2 rings (SSSR count). The Morgan fingerprint density at radius 2 is 1.42 bits per heavy atom. The van der Waals surface area contributed by atoms with Gasteiger partial charge in [0.2, 0.25) is 0 Å². The van der Waals surface area contributed by atoms with E-state index in [4.69, 9.17) is 0 Å². The van der Waals surface area contributed by atoms with Crippen LogP contribution in [0.3, 0.4) is 0 Å². The first-order valence-electron chi connectivity index (χ1n) is 7.77. The van der Waals surface area contributed by atoms with Crippen molar-refractivity contribution >= 4 is 18.4 Å². The van der Waals surface area contributed by atoms with Gasteiger partial charge in [-0.3, -0.25) is 0 Å². The zero-order valence-corrected chi connectivity index (χ0v) is 14.8. The van der Waals surface area contributed by atoms with Crippen molar-refractivity contribution in [2.24, 2.45) is 0 Å². The Labute approximate surface area is 153 Å². The summed E-state index contributed by atoms with van der Waals surface area (Å²) >= 11 is 0. The van der Waals surface area contributed by atoms with Crippen LogP contribution in [0.4, 0.5) is 31.1 Å². The van der Waals surface area contributed by atoms with E-state index >= 15 is 0 Å². The zero-order chi connectivity index (χ0) is 18.8. The third-order valence-corrected chi connectivity index (χ3v) is 4.02. The molecule has 148 valence electrons. The number of carbonyl (C=O) groups excluding carboxylic acids is 1. The monoisotopic (exact) mass is 404 g/mol. The number of urea groups is 1. The van der Waals surface area contributed by atoms with Crippen LogP contribution in [0.25, 0.3) is 0 Å². The van der Waals surface area contributed by atoms with E-state index in [1.165, 1.54) is 7.05 Å². The van der Waals surface area contributed by atoms with Gasteiger partial charge in [-0.2, -0.15) is 26.3 Å². The molecule has 3 nitrogen and oxygen atoms in total. The number of piperidine rings is 1. The minimum Gasteiger partial charge on any atom is -0.325 e. The quantitative estimate of drug-likeness (QED) is 0.623. The Balaban J connectivity index is 0.00000338. The molecule has 1 aromatic rings. The second-order valence-electron chi connectivity index (χ2n) is 6.10. The highest BCUT2D eigenvalue weighted by molar-refractivity contribution is 5.85. The highest BCUT2D eigenvalue weighted by atomic mass is 35.5. The van der Waals surface area contributed by atoms with E-state index in [1.54, 1.807) is 4.90 Å². The molecule has 10 heteroatoms. The Bertz CT molecular complexity index is 594. The van der Waals surface area contributed by atoms with Gasteiger partial charge in [-0.15, -0.1) is 12.4 Å². The summed E-state index contributed by atoms with van der Waals surface area (Å²) in [5.41, 5.74) is -2.97. The van der Waals surface area contributed by atoms with E-state index in [9.17, 15) is 31.1 Å². The summed E-state index contributed by atoms with van der Waals surface area (Å²) in [7, 11) is 1.37. The minimum atomic E-state index is -4.90. The lowest BCUT2D eigenvalue weighted by Gasteiger charge is -2.31. The molecule has 0 aliphatic carbocycles. The SMILES string of the molecule is CN(Cc1cc(C(F)(F)F)cc(C(F)(F)F)c1)C(=O)N1CCCCC1.Cl. The summed E-state index contributed by atoms with van der Waals surface area (Å²) < 4.78 is 77.2. The molecule has 0 radical (unpaired) electrons. The van der Waals surface area contributed by atoms with Gasteiger partial charge >= 0.3 is 18.4 Å². The number of halogens is 7. The van der Waals surface area contributed by atoms with Gasteiger partial charge in [-0.1, -0.05) is 0 Å². The topological polar surface area (TPSA) is 23.6 Å². The summed E-state index contributed by atoms with van der Waals surface area (Å²) in [6.45, 7) is 0.751. The van der Waals surface area contributed by atoms with Crippen molar-refractivity contribution in [1.82, 2.24) is 9.80 Å². The Hall–Kier alpha value is -1.64. The number of likely N-dealkylation sites (tertiary alicyclic amines) is 1. The first kappa shape index (κ1) is 22.4. The first-order chi connectivity index (χ1) is 11.5. The lowest BCUT2D eigenvalue weighted by molar-refractivity contribution is -0.143. The van der Waals surface area contributed by atoms with Crippen LogP contribution in [0.5, 0.6) is 0 Å². The van der Waals surface area contributed by atoms with Gasteiger partial charge in [-0.05, 0) is 43.0 Å². The molecular formula is C16H19ClF6N2O. The third kappa shape index (κ3) is 5.69. The maximum absolute atomic E-state index is 12.9. The van der Waals surface area contributed by atoms with Crippen LogP contribution < -0.4 is 0 Å². The highest BCUT2D eigenvalue weighted by Gasteiger charge is 2.37. The maximum Gasteiger partial charge on any atom is 0.416 e. The molecule has 26 heavy (non-hydrogen) atoms. The van der Waals surface area contributed by atoms with Crippen molar-refractivity contribution in [3.05, 3.63) is 34.9 Å². The smallest absolute Gasteiger partial charge is 0.325 e. The third-order valence-electron chi connectivity index (χ3n) is 4.02. The molecule has 1 fully saturated rings. The van der Waals surface area contributed by atoms with Crippen molar-refractivity contribution in [2.75, 3.05) is 20.1 Å². The van der Waals surface area contributed by atoms with Crippen LogP contribution in [0.15, 0.2) is 18.2 Å². The summed E-state index contributed by atoms with van der Waals surface area (Å²) in [4.78, 5) is 15.0. The van der Waals surface area contributed by atoms with Crippen LogP contribution in [0.2, 0.25) is 0 Å². The van der Waals surface area contributed by atoms with E-state index < -0.39 is 29.5 Å². The van der Waals surface area contributed by atoms with Crippen LogP contribution >= 0.6 is 12.4 Å². The van der Waals surface area contributed by atoms with Crippen LogP contribution in [0.1, 0.15) is 36.0 Å². The van der Waals surface area contributed by atoms with Gasteiger partial charge in [0.1, 0.15) is 0 Å². The summed E-state index contributed by atoms with van der Waals surface area (Å²) in [6, 6.07) is 0.978. The molecule has 1 saturated heterocycles. The number of hydrogen-bond acceptors (Lipinski definition) is 1. The average Bonchev–Trinajstić information content (AvgIpc) is 2.53. The first-order valence-corrected chi connectivity index (χ1v) is 7.77. The van der Waals surface area contributed by atoms with E-state index in [1.807, 2.05) is 0 Å². The van der Waals surface area contributed by atoms with Crippen molar-refractivity contribution in [2.45, 2.75) is 38.2 Å². The van der Waals surface area contributed by atoms with Crippen molar-refractivity contribution < 1.29 is 31.1 Å². The summed E-state index contributed by atoms with van der Waals surface area (Å²) in [5, 5.41) is 0. The normalized spacial score (nSPS) is 15.4. The van der Waals surface area contributed by atoms with Gasteiger partial charge in [0.25, 0.3) is 0 Å². The second-order valence-corrected chi connectivity index (χ2v) is 6.10. The van der Waals surface area contributed by atoms with Gasteiger partial charge < -0.3 is 9.80 Å². The number of hydrogen-bond donors (Lipinski definition) is 0. The molecule has 1 aliphatic rings. The fraction of sp³-hybridized carbons (Fsp3) is 0.562. The fourth-order valence-electron chi connectivity index (χ4n) is 2.78. The van der Waals surface area contributed by atoms with E-state index in [2.05, 4.69) is 0 Å². The number of rotatable bonds is 2. The second kappa shape index (κ2) is 8.37. The Morgan fingerprint density at radius 1 is 0.962 bits per heavy atom. The average molecular weight is 405 g/mol. The number of nitrogens with zero attached hydrogens (tertiary/aromatic N) is 2. The molecule has 0 N–H and O–H groups in total. The molecule has 0 aromatic heterocycles. The van der Waals surface area contributed by atoms with E-state index in [0.717, 1.165) is 24.2 Å². The Kier molecular flexibility index (Phi) is 7.21. The van der Waals surface area contributed by atoms with Crippen molar-refractivity contribution in [1.29, 1.82) is 0 Å². The van der Waals surface area contributed by atoms with Gasteiger partial charge in [0, 0.05) is 26.7 Å². The number of benzene rings is 1. The number of amides is 2. The number of carbonyl (C=O) groups is 1. The van der Waals surface area contributed by atoms with Gasteiger partial charge in [-0.25, -0.2) is 4.79 Å². The molecule has 1 heterocycles. The van der Waals surface area contributed by atoms with Crippen LogP contribution in [-0.2, 0) is 18.9 Å². The highest BCUT2D eigenvalue weighted by Crippen LogP contribution is 2.36. The van der Waals surface area contributed by atoms with Crippen LogP contribution in [-0.4, -0.2) is 36.0 Å².